The summed E-state index contributed by atoms with van der Waals surface area (Å²) in [7, 11) is 0. The second kappa shape index (κ2) is 8.70. The van der Waals surface area contributed by atoms with Gasteiger partial charge in [0.2, 0.25) is 0 Å². The molecule has 128 valence electrons. The predicted molar refractivity (Wildman–Crippen MR) is 104 cm³/mol. The van der Waals surface area contributed by atoms with E-state index < -0.39 is 0 Å². The maximum Gasteiger partial charge on any atom is 0.120 e. The van der Waals surface area contributed by atoms with Gasteiger partial charge in [0.1, 0.15) is 12.4 Å². The third kappa shape index (κ3) is 5.63. The molecule has 0 aliphatic heterocycles. The molecule has 25 heavy (non-hydrogen) atoms. The van der Waals surface area contributed by atoms with E-state index in [-0.39, 0.29) is 0 Å². The van der Waals surface area contributed by atoms with Crippen LogP contribution in [-0.2, 0) is 19.7 Å². The second-order valence-electron chi connectivity index (χ2n) is 6.15. The third-order valence-corrected chi connectivity index (χ3v) is 4.25. The van der Waals surface area contributed by atoms with Gasteiger partial charge in [-0.25, -0.2) is 0 Å². The topological polar surface area (TPSA) is 21.3 Å². The zero-order valence-electron chi connectivity index (χ0n) is 14.3. The highest BCUT2D eigenvalue weighted by molar-refractivity contribution is 6.30. The molecule has 0 saturated heterocycles. The molecule has 0 amide bonds. The number of hydrogen-bond acceptors (Lipinski definition) is 2. The lowest BCUT2D eigenvalue weighted by atomic mass is 10.1. The van der Waals surface area contributed by atoms with Gasteiger partial charge in [-0.2, -0.15) is 0 Å². The largest absolute Gasteiger partial charge is 0.489 e. The van der Waals surface area contributed by atoms with E-state index in [9.17, 15) is 0 Å². The Morgan fingerprint density at radius 3 is 2.24 bits per heavy atom. The van der Waals surface area contributed by atoms with Crippen molar-refractivity contribution in [3.63, 3.8) is 0 Å². The van der Waals surface area contributed by atoms with Crippen molar-refractivity contribution in [2.75, 3.05) is 0 Å². The Kier molecular flexibility index (Phi) is 6.10. The van der Waals surface area contributed by atoms with Gasteiger partial charge in [-0.1, -0.05) is 65.7 Å². The molecule has 3 aromatic carbocycles. The van der Waals surface area contributed by atoms with Crippen molar-refractivity contribution in [1.82, 2.24) is 5.32 Å². The van der Waals surface area contributed by atoms with Crippen molar-refractivity contribution >= 4 is 11.6 Å². The predicted octanol–water partition coefficient (Wildman–Crippen LogP) is 5.52. The molecule has 0 heterocycles. The van der Waals surface area contributed by atoms with Gasteiger partial charge in [0.25, 0.3) is 0 Å². The summed E-state index contributed by atoms with van der Waals surface area (Å²) < 4.78 is 5.88. The molecule has 0 aromatic heterocycles. The van der Waals surface area contributed by atoms with Crippen molar-refractivity contribution in [1.29, 1.82) is 0 Å². The lowest BCUT2D eigenvalue weighted by Crippen LogP contribution is -2.12. The smallest absolute Gasteiger partial charge is 0.120 e. The fourth-order valence-corrected chi connectivity index (χ4v) is 2.68. The SMILES string of the molecule is Cc1ccc(CNCc2cccc(OCc3ccc(Cl)cc3)c2)cc1. The van der Waals surface area contributed by atoms with Gasteiger partial charge in [-0.05, 0) is 47.9 Å². The molecule has 0 unspecified atom stereocenters. The van der Waals surface area contributed by atoms with E-state index in [2.05, 4.69) is 48.6 Å². The molecule has 3 rings (SSSR count). The van der Waals surface area contributed by atoms with Gasteiger partial charge in [0.05, 0.1) is 0 Å². The Labute approximate surface area is 154 Å². The Balaban J connectivity index is 1.50. The summed E-state index contributed by atoms with van der Waals surface area (Å²) in [6.45, 7) is 4.31. The Hall–Kier alpha value is -2.29. The number of rotatable bonds is 7. The minimum atomic E-state index is 0.539. The van der Waals surface area contributed by atoms with Crippen molar-refractivity contribution < 1.29 is 4.74 Å². The highest BCUT2D eigenvalue weighted by Gasteiger charge is 2.00. The molecule has 2 nitrogen and oxygen atoms in total. The molecule has 0 saturated carbocycles. The molecular formula is C22H22ClNO. The lowest BCUT2D eigenvalue weighted by Gasteiger charge is -2.09. The summed E-state index contributed by atoms with van der Waals surface area (Å²) in [6, 6.07) is 24.5. The van der Waals surface area contributed by atoms with Gasteiger partial charge in [-0.3, -0.25) is 0 Å². The minimum absolute atomic E-state index is 0.539. The van der Waals surface area contributed by atoms with E-state index in [0.29, 0.717) is 6.61 Å². The summed E-state index contributed by atoms with van der Waals surface area (Å²) in [5, 5.41) is 4.22. The first-order valence-electron chi connectivity index (χ1n) is 8.41. The Morgan fingerprint density at radius 1 is 0.800 bits per heavy atom. The van der Waals surface area contributed by atoms with E-state index in [1.165, 1.54) is 16.7 Å². The van der Waals surface area contributed by atoms with Crippen LogP contribution in [0.15, 0.2) is 72.8 Å². The third-order valence-electron chi connectivity index (χ3n) is 4.00. The van der Waals surface area contributed by atoms with Gasteiger partial charge < -0.3 is 10.1 Å². The normalized spacial score (nSPS) is 10.6. The summed E-state index contributed by atoms with van der Waals surface area (Å²) in [4.78, 5) is 0. The summed E-state index contributed by atoms with van der Waals surface area (Å²) in [5.41, 5.74) is 4.89. The van der Waals surface area contributed by atoms with E-state index >= 15 is 0 Å². The summed E-state index contributed by atoms with van der Waals surface area (Å²) >= 11 is 5.90. The van der Waals surface area contributed by atoms with Crippen LogP contribution in [-0.4, -0.2) is 0 Å². The number of ether oxygens (including phenoxy) is 1. The quantitative estimate of drug-likeness (QED) is 0.605. The first kappa shape index (κ1) is 17.5. The van der Waals surface area contributed by atoms with Gasteiger partial charge in [0.15, 0.2) is 0 Å². The molecule has 3 aromatic rings. The molecule has 0 bridgehead atoms. The van der Waals surface area contributed by atoms with Crippen LogP contribution in [0.1, 0.15) is 22.3 Å². The maximum absolute atomic E-state index is 5.90. The summed E-state index contributed by atoms with van der Waals surface area (Å²) in [6.07, 6.45) is 0. The second-order valence-corrected chi connectivity index (χ2v) is 6.59. The van der Waals surface area contributed by atoms with E-state index in [4.69, 9.17) is 16.3 Å². The number of benzene rings is 3. The average Bonchev–Trinajstić information content (AvgIpc) is 2.63. The van der Waals surface area contributed by atoms with Gasteiger partial charge >= 0.3 is 0 Å². The molecule has 0 aliphatic rings. The van der Waals surface area contributed by atoms with Crippen molar-refractivity contribution in [2.24, 2.45) is 0 Å². The number of hydrogen-bond donors (Lipinski definition) is 1. The van der Waals surface area contributed by atoms with E-state index in [1.807, 2.05) is 36.4 Å². The molecule has 0 atom stereocenters. The van der Waals surface area contributed by atoms with Crippen LogP contribution in [0.2, 0.25) is 5.02 Å². The fourth-order valence-electron chi connectivity index (χ4n) is 2.55. The standard InChI is InChI=1S/C22H22ClNO/c1-17-5-7-18(8-6-17)14-24-15-20-3-2-4-22(13-20)25-16-19-9-11-21(23)12-10-19/h2-13,24H,14-16H2,1H3. The van der Waals surface area contributed by atoms with Crippen molar-refractivity contribution in [3.8, 4) is 5.75 Å². The van der Waals surface area contributed by atoms with Crippen molar-refractivity contribution in [2.45, 2.75) is 26.6 Å². The van der Waals surface area contributed by atoms with Crippen LogP contribution in [0.4, 0.5) is 0 Å². The highest BCUT2D eigenvalue weighted by Crippen LogP contribution is 2.16. The lowest BCUT2D eigenvalue weighted by molar-refractivity contribution is 0.306. The maximum atomic E-state index is 5.90. The minimum Gasteiger partial charge on any atom is -0.489 e. The van der Waals surface area contributed by atoms with Gasteiger partial charge in [0, 0.05) is 18.1 Å². The van der Waals surface area contributed by atoms with Crippen LogP contribution >= 0.6 is 11.6 Å². The number of nitrogens with one attached hydrogen (secondary N) is 1. The van der Waals surface area contributed by atoms with E-state index in [1.54, 1.807) is 0 Å². The van der Waals surface area contributed by atoms with Crippen molar-refractivity contribution in [3.05, 3.63) is 100 Å². The summed E-state index contributed by atoms with van der Waals surface area (Å²) in [5.74, 6) is 0.879. The van der Waals surface area contributed by atoms with Crippen LogP contribution in [0.5, 0.6) is 5.75 Å². The fraction of sp³-hybridized carbons (Fsp3) is 0.182. The average molecular weight is 352 g/mol. The first-order valence-corrected chi connectivity index (χ1v) is 8.79. The Bertz CT molecular complexity index is 797. The number of aryl methyl sites for hydroxylation is 1. The number of halogens is 1. The van der Waals surface area contributed by atoms with Crippen LogP contribution < -0.4 is 10.1 Å². The molecule has 0 fully saturated rings. The van der Waals surface area contributed by atoms with Crippen LogP contribution in [0.3, 0.4) is 0 Å². The highest BCUT2D eigenvalue weighted by atomic mass is 35.5. The molecule has 1 N–H and O–H groups in total. The van der Waals surface area contributed by atoms with E-state index in [0.717, 1.165) is 29.4 Å². The van der Waals surface area contributed by atoms with Crippen LogP contribution in [0, 0.1) is 6.92 Å². The molecule has 0 radical (unpaired) electrons. The van der Waals surface area contributed by atoms with Crippen LogP contribution in [0.25, 0.3) is 0 Å². The molecule has 0 aliphatic carbocycles. The molecular weight excluding hydrogens is 330 g/mol. The Morgan fingerprint density at radius 2 is 1.48 bits per heavy atom. The zero-order valence-corrected chi connectivity index (χ0v) is 15.1. The zero-order chi connectivity index (χ0) is 17.5. The molecule has 0 spiro atoms. The molecule has 3 heteroatoms. The first-order chi connectivity index (χ1) is 12.2. The van der Waals surface area contributed by atoms with Gasteiger partial charge in [-0.15, -0.1) is 0 Å². The monoisotopic (exact) mass is 351 g/mol.